The van der Waals surface area contributed by atoms with Crippen molar-refractivity contribution in [2.45, 2.75) is 25.4 Å². The van der Waals surface area contributed by atoms with Crippen LogP contribution in [0.5, 0.6) is 0 Å². The maximum absolute atomic E-state index is 11.1. The third-order valence-electron chi connectivity index (χ3n) is 2.85. The van der Waals surface area contributed by atoms with Crippen LogP contribution < -0.4 is 0 Å². The normalized spacial score (nSPS) is 10.6. The molecule has 2 rings (SSSR count). The monoisotopic (exact) mass is 291 g/mol. The molecule has 0 radical (unpaired) electrons. The van der Waals surface area contributed by atoms with Gasteiger partial charge in [-0.2, -0.15) is 0 Å². The quantitative estimate of drug-likeness (QED) is 0.626. The van der Waals surface area contributed by atoms with Gasteiger partial charge in [-0.1, -0.05) is 29.5 Å². The van der Waals surface area contributed by atoms with Gasteiger partial charge in [0.05, 0.1) is 13.5 Å². The standard InChI is InChI=1S/C14H17N3O2S/c1-10-4-6-12(7-5-10)17-11(2)15-16-14(17)20-9-8-13(18)19-3/h4-7H,8-9H2,1-3H3. The van der Waals surface area contributed by atoms with E-state index in [9.17, 15) is 4.79 Å². The Morgan fingerprint density at radius 1 is 1.25 bits per heavy atom. The lowest BCUT2D eigenvalue weighted by Crippen LogP contribution is -2.03. The molecule has 6 heteroatoms. The van der Waals surface area contributed by atoms with Crippen LogP contribution in [0.4, 0.5) is 0 Å². The summed E-state index contributed by atoms with van der Waals surface area (Å²) < 4.78 is 6.61. The topological polar surface area (TPSA) is 57.0 Å². The molecule has 0 N–H and O–H groups in total. The summed E-state index contributed by atoms with van der Waals surface area (Å²) in [5.41, 5.74) is 2.23. The van der Waals surface area contributed by atoms with Gasteiger partial charge in [0.1, 0.15) is 5.82 Å². The zero-order valence-electron chi connectivity index (χ0n) is 11.8. The molecule has 0 bridgehead atoms. The molecular weight excluding hydrogens is 274 g/mol. The van der Waals surface area contributed by atoms with E-state index in [1.54, 1.807) is 0 Å². The van der Waals surface area contributed by atoms with Crippen LogP contribution in [-0.4, -0.2) is 33.6 Å². The molecule has 0 aliphatic heterocycles. The first-order valence-corrected chi connectivity index (χ1v) is 7.29. The van der Waals surface area contributed by atoms with Crippen molar-refractivity contribution in [3.8, 4) is 5.69 Å². The number of aromatic nitrogens is 3. The van der Waals surface area contributed by atoms with Crippen molar-refractivity contribution in [2.75, 3.05) is 12.9 Å². The number of nitrogens with zero attached hydrogens (tertiary/aromatic N) is 3. The van der Waals surface area contributed by atoms with E-state index in [0.717, 1.165) is 16.7 Å². The van der Waals surface area contributed by atoms with Crippen molar-refractivity contribution >= 4 is 17.7 Å². The Hall–Kier alpha value is -1.82. The van der Waals surface area contributed by atoms with Gasteiger partial charge >= 0.3 is 5.97 Å². The van der Waals surface area contributed by atoms with Crippen molar-refractivity contribution in [1.82, 2.24) is 14.8 Å². The van der Waals surface area contributed by atoms with Crippen LogP contribution in [0.2, 0.25) is 0 Å². The number of rotatable bonds is 5. The van der Waals surface area contributed by atoms with Crippen molar-refractivity contribution in [1.29, 1.82) is 0 Å². The van der Waals surface area contributed by atoms with Crippen molar-refractivity contribution < 1.29 is 9.53 Å². The van der Waals surface area contributed by atoms with Crippen molar-refractivity contribution in [3.05, 3.63) is 35.7 Å². The SMILES string of the molecule is COC(=O)CCSc1nnc(C)n1-c1ccc(C)cc1. The van der Waals surface area contributed by atoms with E-state index in [2.05, 4.69) is 34.0 Å². The lowest BCUT2D eigenvalue weighted by molar-refractivity contribution is -0.140. The van der Waals surface area contributed by atoms with Gasteiger partial charge in [0, 0.05) is 11.4 Å². The van der Waals surface area contributed by atoms with Crippen LogP contribution in [0.25, 0.3) is 5.69 Å². The number of carbonyl (C=O) groups is 1. The van der Waals surface area contributed by atoms with Gasteiger partial charge in [0.25, 0.3) is 0 Å². The van der Waals surface area contributed by atoms with Gasteiger partial charge in [0.15, 0.2) is 5.16 Å². The molecule has 0 unspecified atom stereocenters. The Kier molecular flexibility index (Phi) is 4.79. The van der Waals surface area contributed by atoms with Gasteiger partial charge in [-0.15, -0.1) is 10.2 Å². The Labute approximate surface area is 122 Å². The molecule has 0 spiro atoms. The lowest BCUT2D eigenvalue weighted by atomic mass is 10.2. The summed E-state index contributed by atoms with van der Waals surface area (Å²) in [5.74, 6) is 1.24. The molecule has 5 nitrogen and oxygen atoms in total. The molecule has 0 amide bonds. The molecule has 0 saturated carbocycles. The second kappa shape index (κ2) is 6.56. The van der Waals surface area contributed by atoms with Gasteiger partial charge < -0.3 is 4.74 Å². The lowest BCUT2D eigenvalue weighted by Gasteiger charge is -2.08. The summed E-state index contributed by atoms with van der Waals surface area (Å²) in [6, 6.07) is 8.18. The third kappa shape index (κ3) is 3.39. The minimum Gasteiger partial charge on any atom is -0.469 e. The second-order valence-corrected chi connectivity index (χ2v) is 5.44. The first kappa shape index (κ1) is 14.6. The zero-order chi connectivity index (χ0) is 14.5. The highest BCUT2D eigenvalue weighted by Crippen LogP contribution is 2.22. The van der Waals surface area contributed by atoms with Gasteiger partial charge in [-0.25, -0.2) is 0 Å². The summed E-state index contributed by atoms with van der Waals surface area (Å²) in [5, 5.41) is 9.06. The number of thioether (sulfide) groups is 1. The molecular formula is C14H17N3O2S. The first-order chi connectivity index (χ1) is 9.61. The zero-order valence-corrected chi connectivity index (χ0v) is 12.6. The van der Waals surface area contributed by atoms with E-state index in [0.29, 0.717) is 12.2 Å². The Bertz CT molecular complexity index is 593. The average molecular weight is 291 g/mol. The van der Waals surface area contributed by atoms with Crippen molar-refractivity contribution in [2.24, 2.45) is 0 Å². The largest absolute Gasteiger partial charge is 0.469 e. The van der Waals surface area contributed by atoms with E-state index in [1.807, 2.05) is 23.6 Å². The number of hydrogen-bond acceptors (Lipinski definition) is 5. The molecule has 1 aromatic heterocycles. The van der Waals surface area contributed by atoms with Gasteiger partial charge in [-0.05, 0) is 26.0 Å². The highest BCUT2D eigenvalue weighted by Gasteiger charge is 2.12. The van der Waals surface area contributed by atoms with E-state index in [4.69, 9.17) is 0 Å². The van der Waals surface area contributed by atoms with E-state index < -0.39 is 0 Å². The predicted molar refractivity (Wildman–Crippen MR) is 78.2 cm³/mol. The number of esters is 1. The Balaban J connectivity index is 2.15. The fraction of sp³-hybridized carbons (Fsp3) is 0.357. The van der Waals surface area contributed by atoms with Crippen LogP contribution in [0, 0.1) is 13.8 Å². The maximum atomic E-state index is 11.1. The molecule has 0 atom stereocenters. The molecule has 0 aliphatic rings. The first-order valence-electron chi connectivity index (χ1n) is 6.30. The summed E-state index contributed by atoms with van der Waals surface area (Å²) >= 11 is 1.50. The fourth-order valence-electron chi connectivity index (χ4n) is 1.76. The number of hydrogen-bond donors (Lipinski definition) is 0. The molecule has 0 saturated heterocycles. The molecule has 2 aromatic rings. The van der Waals surface area contributed by atoms with Gasteiger partial charge in [0.2, 0.25) is 0 Å². The second-order valence-electron chi connectivity index (χ2n) is 4.38. The number of carbonyl (C=O) groups excluding carboxylic acids is 1. The summed E-state index contributed by atoms with van der Waals surface area (Å²) in [4.78, 5) is 11.1. The molecule has 20 heavy (non-hydrogen) atoms. The summed E-state index contributed by atoms with van der Waals surface area (Å²) in [7, 11) is 1.39. The molecule has 1 aromatic carbocycles. The number of methoxy groups -OCH3 is 1. The molecule has 0 aliphatic carbocycles. The number of benzene rings is 1. The summed E-state index contributed by atoms with van der Waals surface area (Å²) in [6.45, 7) is 3.96. The summed E-state index contributed by atoms with van der Waals surface area (Å²) in [6.07, 6.45) is 0.362. The van der Waals surface area contributed by atoms with E-state index in [1.165, 1.54) is 24.4 Å². The highest BCUT2D eigenvalue weighted by molar-refractivity contribution is 7.99. The predicted octanol–water partition coefficient (Wildman–Crippen LogP) is 2.54. The van der Waals surface area contributed by atoms with Crippen LogP contribution in [0.3, 0.4) is 0 Å². The van der Waals surface area contributed by atoms with Crippen LogP contribution in [0.15, 0.2) is 29.4 Å². The fourth-order valence-corrected chi connectivity index (χ4v) is 2.67. The number of ether oxygens (including phenoxy) is 1. The maximum Gasteiger partial charge on any atom is 0.306 e. The highest BCUT2D eigenvalue weighted by atomic mass is 32.2. The van der Waals surface area contributed by atoms with Crippen LogP contribution in [0.1, 0.15) is 17.8 Å². The van der Waals surface area contributed by atoms with Crippen molar-refractivity contribution in [3.63, 3.8) is 0 Å². The van der Waals surface area contributed by atoms with Crippen LogP contribution >= 0.6 is 11.8 Å². The molecule has 106 valence electrons. The van der Waals surface area contributed by atoms with Gasteiger partial charge in [-0.3, -0.25) is 9.36 Å². The third-order valence-corrected chi connectivity index (χ3v) is 3.78. The number of aryl methyl sites for hydroxylation is 2. The smallest absolute Gasteiger partial charge is 0.306 e. The van der Waals surface area contributed by atoms with E-state index >= 15 is 0 Å². The minimum absolute atomic E-state index is 0.212. The minimum atomic E-state index is -0.212. The Morgan fingerprint density at radius 2 is 1.95 bits per heavy atom. The Morgan fingerprint density at radius 3 is 2.60 bits per heavy atom. The molecule has 0 fully saturated rings. The van der Waals surface area contributed by atoms with Crippen LogP contribution in [-0.2, 0) is 9.53 Å². The average Bonchev–Trinajstić information content (AvgIpc) is 2.81. The van der Waals surface area contributed by atoms with E-state index in [-0.39, 0.29) is 5.97 Å². The molecule has 1 heterocycles.